The van der Waals surface area contributed by atoms with Gasteiger partial charge in [0.2, 0.25) is 5.91 Å². The van der Waals surface area contributed by atoms with Crippen LogP contribution in [0.3, 0.4) is 0 Å². The molecule has 1 amide bonds. The summed E-state index contributed by atoms with van der Waals surface area (Å²) < 4.78 is 21.5. The van der Waals surface area contributed by atoms with E-state index in [1.807, 2.05) is 11.8 Å². The third kappa shape index (κ3) is 8.39. The zero-order valence-electron chi connectivity index (χ0n) is 16.7. The minimum atomic E-state index is 0.157. The Kier molecular flexibility index (Phi) is 10.4. The van der Waals surface area contributed by atoms with Crippen LogP contribution in [0.15, 0.2) is 18.2 Å². The van der Waals surface area contributed by atoms with Crippen LogP contribution in [0.1, 0.15) is 30.0 Å². The molecule has 0 N–H and O–H groups in total. The van der Waals surface area contributed by atoms with Crippen LogP contribution >= 0.6 is 0 Å². The fourth-order valence-electron chi connectivity index (χ4n) is 3.02. The van der Waals surface area contributed by atoms with Gasteiger partial charge >= 0.3 is 0 Å². The number of carbonyl (C=O) groups is 1. The van der Waals surface area contributed by atoms with E-state index in [9.17, 15) is 4.79 Å². The molecule has 0 atom stereocenters. The molecule has 0 bridgehead atoms. The van der Waals surface area contributed by atoms with Crippen molar-refractivity contribution in [1.29, 1.82) is 0 Å². The van der Waals surface area contributed by atoms with E-state index < -0.39 is 0 Å². The number of benzene rings is 1. The monoisotopic (exact) mass is 379 g/mol. The van der Waals surface area contributed by atoms with Gasteiger partial charge in [-0.25, -0.2) is 0 Å². The van der Waals surface area contributed by atoms with Crippen LogP contribution in [0, 0.1) is 6.92 Å². The Hall–Kier alpha value is -1.47. The largest absolute Gasteiger partial charge is 0.379 e. The number of hydrogen-bond acceptors (Lipinski definition) is 5. The summed E-state index contributed by atoms with van der Waals surface area (Å²) in [5, 5.41) is 0. The van der Waals surface area contributed by atoms with Crippen molar-refractivity contribution < 1.29 is 23.7 Å². The van der Waals surface area contributed by atoms with E-state index in [1.54, 1.807) is 0 Å². The average molecular weight is 379 g/mol. The van der Waals surface area contributed by atoms with E-state index in [2.05, 4.69) is 25.1 Å². The fourth-order valence-corrected chi connectivity index (χ4v) is 3.02. The van der Waals surface area contributed by atoms with Crippen LogP contribution in [-0.4, -0.2) is 70.2 Å². The molecule has 152 valence electrons. The van der Waals surface area contributed by atoms with E-state index in [-0.39, 0.29) is 5.91 Å². The Bertz CT molecular complexity index is 564. The third-order valence-corrected chi connectivity index (χ3v) is 4.51. The summed E-state index contributed by atoms with van der Waals surface area (Å²) in [6, 6.07) is 6.47. The second-order valence-corrected chi connectivity index (χ2v) is 6.62. The van der Waals surface area contributed by atoms with E-state index in [4.69, 9.17) is 18.9 Å². The highest BCUT2D eigenvalue weighted by Gasteiger charge is 2.20. The molecular weight excluding hydrogens is 346 g/mol. The Morgan fingerprint density at radius 3 is 2.22 bits per heavy atom. The van der Waals surface area contributed by atoms with Crippen molar-refractivity contribution >= 4 is 5.91 Å². The number of carbonyl (C=O) groups excluding carboxylic acids is 1. The van der Waals surface area contributed by atoms with Gasteiger partial charge in [0.15, 0.2) is 0 Å². The van der Waals surface area contributed by atoms with Gasteiger partial charge < -0.3 is 23.8 Å². The molecule has 27 heavy (non-hydrogen) atoms. The van der Waals surface area contributed by atoms with Crippen molar-refractivity contribution in [2.45, 2.75) is 33.2 Å². The summed E-state index contributed by atoms with van der Waals surface area (Å²) in [6.45, 7) is 10.0. The van der Waals surface area contributed by atoms with Gasteiger partial charge in [0.25, 0.3) is 0 Å². The van der Waals surface area contributed by atoms with Crippen molar-refractivity contribution in [2.24, 2.45) is 0 Å². The molecule has 0 fully saturated rings. The number of rotatable bonds is 13. The first kappa shape index (κ1) is 21.8. The molecule has 6 nitrogen and oxygen atoms in total. The zero-order valence-corrected chi connectivity index (χ0v) is 16.7. The second-order valence-electron chi connectivity index (χ2n) is 6.62. The van der Waals surface area contributed by atoms with Gasteiger partial charge in [0.05, 0.1) is 52.7 Å². The first-order chi connectivity index (χ1) is 13.2. The third-order valence-electron chi connectivity index (χ3n) is 4.51. The van der Waals surface area contributed by atoms with Crippen LogP contribution in [0.2, 0.25) is 0 Å². The van der Waals surface area contributed by atoms with Gasteiger partial charge in [-0.05, 0) is 31.4 Å². The molecule has 0 saturated carbocycles. The summed E-state index contributed by atoms with van der Waals surface area (Å²) in [6.07, 6.45) is 1.35. The van der Waals surface area contributed by atoms with Crippen LogP contribution in [0.4, 0.5) is 0 Å². The molecule has 0 unspecified atom stereocenters. The lowest BCUT2D eigenvalue weighted by molar-refractivity contribution is -0.133. The zero-order chi connectivity index (χ0) is 19.3. The predicted molar refractivity (Wildman–Crippen MR) is 104 cm³/mol. The average Bonchev–Trinajstić information content (AvgIpc) is 2.68. The van der Waals surface area contributed by atoms with E-state index in [0.29, 0.717) is 65.8 Å². The SMILES string of the molecule is CCOCCOCCOCCOCCC(=O)N1CCc2cc(C)ccc2C1. The molecule has 1 aromatic rings. The first-order valence-corrected chi connectivity index (χ1v) is 9.88. The van der Waals surface area contributed by atoms with Gasteiger partial charge in [0, 0.05) is 19.7 Å². The highest BCUT2D eigenvalue weighted by atomic mass is 16.6. The lowest BCUT2D eigenvalue weighted by Crippen LogP contribution is -2.36. The summed E-state index contributed by atoms with van der Waals surface area (Å²) in [7, 11) is 0. The Labute approximate surface area is 162 Å². The van der Waals surface area contributed by atoms with Crippen molar-refractivity contribution in [3.8, 4) is 0 Å². The normalized spacial score (nSPS) is 13.6. The van der Waals surface area contributed by atoms with E-state index >= 15 is 0 Å². The van der Waals surface area contributed by atoms with Crippen LogP contribution in [-0.2, 0) is 36.7 Å². The summed E-state index contributed by atoms with van der Waals surface area (Å²) in [5.41, 5.74) is 3.91. The molecular formula is C21H33NO5. The summed E-state index contributed by atoms with van der Waals surface area (Å²) in [4.78, 5) is 14.3. The maximum absolute atomic E-state index is 12.3. The number of hydrogen-bond donors (Lipinski definition) is 0. The van der Waals surface area contributed by atoms with Crippen molar-refractivity contribution in [1.82, 2.24) is 4.90 Å². The molecule has 1 aliphatic heterocycles. The quantitative estimate of drug-likeness (QED) is 0.493. The van der Waals surface area contributed by atoms with Crippen molar-refractivity contribution in [3.63, 3.8) is 0 Å². The van der Waals surface area contributed by atoms with Crippen LogP contribution in [0.5, 0.6) is 0 Å². The molecule has 1 aromatic carbocycles. The molecule has 0 aliphatic carbocycles. The van der Waals surface area contributed by atoms with E-state index in [1.165, 1.54) is 16.7 Å². The van der Waals surface area contributed by atoms with Gasteiger partial charge in [-0.2, -0.15) is 0 Å². The number of amides is 1. The molecule has 0 saturated heterocycles. The lowest BCUT2D eigenvalue weighted by Gasteiger charge is -2.29. The number of nitrogens with zero attached hydrogens (tertiary/aromatic N) is 1. The highest BCUT2D eigenvalue weighted by molar-refractivity contribution is 5.76. The second kappa shape index (κ2) is 12.8. The Morgan fingerprint density at radius 1 is 0.926 bits per heavy atom. The molecule has 6 heteroatoms. The fraction of sp³-hybridized carbons (Fsp3) is 0.667. The maximum atomic E-state index is 12.3. The number of aryl methyl sites for hydroxylation is 1. The van der Waals surface area contributed by atoms with Gasteiger partial charge in [0.1, 0.15) is 0 Å². The van der Waals surface area contributed by atoms with Gasteiger partial charge in [-0.1, -0.05) is 23.8 Å². The van der Waals surface area contributed by atoms with E-state index in [0.717, 1.165) is 13.0 Å². The molecule has 1 heterocycles. The van der Waals surface area contributed by atoms with Gasteiger partial charge in [-0.3, -0.25) is 4.79 Å². The van der Waals surface area contributed by atoms with Crippen LogP contribution in [0.25, 0.3) is 0 Å². The Morgan fingerprint density at radius 2 is 1.56 bits per heavy atom. The van der Waals surface area contributed by atoms with Crippen molar-refractivity contribution in [2.75, 3.05) is 59.4 Å². The standard InChI is InChI=1S/C21H33NO5/c1-3-24-10-11-26-14-15-27-13-12-25-9-7-21(23)22-8-6-19-16-18(2)4-5-20(19)17-22/h4-5,16H,3,6-15,17H2,1-2H3. The minimum Gasteiger partial charge on any atom is -0.379 e. The predicted octanol–water partition coefficient (Wildman–Crippen LogP) is 2.36. The van der Waals surface area contributed by atoms with Gasteiger partial charge in [-0.15, -0.1) is 0 Å². The number of fused-ring (bicyclic) bond motifs is 1. The molecule has 0 aromatic heterocycles. The minimum absolute atomic E-state index is 0.157. The first-order valence-electron chi connectivity index (χ1n) is 9.88. The van der Waals surface area contributed by atoms with Crippen LogP contribution < -0.4 is 0 Å². The number of ether oxygens (including phenoxy) is 4. The molecule has 0 spiro atoms. The smallest absolute Gasteiger partial charge is 0.225 e. The summed E-state index contributed by atoms with van der Waals surface area (Å²) >= 11 is 0. The topological polar surface area (TPSA) is 57.2 Å². The maximum Gasteiger partial charge on any atom is 0.225 e. The lowest BCUT2D eigenvalue weighted by atomic mass is 9.97. The molecule has 0 radical (unpaired) electrons. The van der Waals surface area contributed by atoms with Crippen molar-refractivity contribution in [3.05, 3.63) is 34.9 Å². The molecule has 1 aliphatic rings. The Balaban J connectivity index is 1.47. The summed E-state index contributed by atoms with van der Waals surface area (Å²) in [5.74, 6) is 0.157. The highest BCUT2D eigenvalue weighted by Crippen LogP contribution is 2.20. The molecule has 2 rings (SSSR count).